The van der Waals surface area contributed by atoms with Gasteiger partial charge >= 0.3 is 12.1 Å². The number of amides is 2. The van der Waals surface area contributed by atoms with Crippen molar-refractivity contribution >= 4 is 18.0 Å². The molecule has 11 nitrogen and oxygen atoms in total. The number of nitrogens with zero attached hydrogens (tertiary/aromatic N) is 3. The van der Waals surface area contributed by atoms with Crippen LogP contribution < -0.4 is 10.6 Å². The van der Waals surface area contributed by atoms with Crippen LogP contribution in [0.3, 0.4) is 0 Å². The smallest absolute Gasteiger partial charge is 0.407 e. The minimum atomic E-state index is -0.713. The van der Waals surface area contributed by atoms with Crippen LogP contribution in [0.2, 0.25) is 0 Å². The Hall–Kier alpha value is -3.04. The summed E-state index contributed by atoms with van der Waals surface area (Å²) in [5.74, 6) is -0.847. The van der Waals surface area contributed by atoms with Crippen LogP contribution in [0.4, 0.5) is 4.79 Å². The summed E-state index contributed by atoms with van der Waals surface area (Å²) in [6, 6.07) is -1.27. The lowest BCUT2D eigenvalue weighted by atomic mass is 9.87. The zero-order valence-corrected chi connectivity index (χ0v) is 19.8. The lowest BCUT2D eigenvalue weighted by molar-refractivity contribution is -0.138. The van der Waals surface area contributed by atoms with Gasteiger partial charge in [0, 0.05) is 37.0 Å². The van der Waals surface area contributed by atoms with Crippen molar-refractivity contribution in [3.63, 3.8) is 0 Å². The van der Waals surface area contributed by atoms with E-state index < -0.39 is 35.9 Å². The molecule has 1 aliphatic carbocycles. The minimum absolute atomic E-state index is 0.0478. The molecule has 2 N–H and O–H groups in total. The Morgan fingerprint density at radius 2 is 2.00 bits per heavy atom. The summed E-state index contributed by atoms with van der Waals surface area (Å²) in [5, 5.41) is 9.07. The fourth-order valence-corrected chi connectivity index (χ4v) is 3.24. The highest BCUT2D eigenvalue weighted by molar-refractivity contribution is 5.89. The maximum atomic E-state index is 12.5. The molecule has 184 valence electrons. The fraction of sp³-hybridized carbons (Fsp3) is 0.682. The third kappa shape index (κ3) is 11.4. The van der Waals surface area contributed by atoms with Crippen molar-refractivity contribution in [3.8, 4) is 0 Å². The van der Waals surface area contributed by atoms with Crippen LogP contribution in [0.15, 0.2) is 29.4 Å². The minimum Gasteiger partial charge on any atom is -0.458 e. The van der Waals surface area contributed by atoms with Crippen LogP contribution in [0.5, 0.6) is 0 Å². The van der Waals surface area contributed by atoms with E-state index in [9.17, 15) is 14.4 Å². The lowest BCUT2D eigenvalue weighted by Crippen LogP contribution is -2.59. The number of unbranched alkanes of at least 4 members (excludes halogenated alkanes) is 2. The van der Waals surface area contributed by atoms with Crippen LogP contribution >= 0.6 is 0 Å². The van der Waals surface area contributed by atoms with Gasteiger partial charge in [-0.15, -0.1) is 0 Å². The molecule has 1 aliphatic rings. The van der Waals surface area contributed by atoms with Crippen LogP contribution in [0, 0.1) is 0 Å². The summed E-state index contributed by atoms with van der Waals surface area (Å²) in [6.45, 7) is 10.9. The van der Waals surface area contributed by atoms with Gasteiger partial charge < -0.3 is 24.8 Å². The first-order valence-corrected chi connectivity index (χ1v) is 10.9. The number of alkyl carbamates (subject to hydrolysis) is 1. The topological polar surface area (TPSA) is 152 Å². The summed E-state index contributed by atoms with van der Waals surface area (Å²) in [4.78, 5) is 39.5. The largest absolute Gasteiger partial charge is 0.458 e. The Morgan fingerprint density at radius 1 is 1.27 bits per heavy atom. The lowest BCUT2D eigenvalue weighted by Gasteiger charge is -2.37. The Morgan fingerprint density at radius 3 is 2.61 bits per heavy atom. The molecule has 0 aromatic carbocycles. The van der Waals surface area contributed by atoms with E-state index in [0.717, 1.165) is 12.8 Å². The Bertz CT molecular complexity index is 770. The van der Waals surface area contributed by atoms with E-state index in [0.29, 0.717) is 25.1 Å². The molecule has 0 unspecified atom stereocenters. The van der Waals surface area contributed by atoms with Gasteiger partial charge in [0.25, 0.3) is 0 Å². The maximum Gasteiger partial charge on any atom is 0.407 e. The predicted octanol–water partition coefficient (Wildman–Crippen LogP) is 3.31. The van der Waals surface area contributed by atoms with Crippen molar-refractivity contribution in [1.82, 2.24) is 10.6 Å². The van der Waals surface area contributed by atoms with Crippen molar-refractivity contribution < 1.29 is 28.6 Å². The zero-order chi connectivity index (χ0) is 24.9. The van der Waals surface area contributed by atoms with Crippen LogP contribution in [-0.2, 0) is 23.8 Å². The van der Waals surface area contributed by atoms with E-state index in [4.69, 9.17) is 19.7 Å². The second kappa shape index (κ2) is 14.2. The first kappa shape index (κ1) is 28.0. The molecule has 0 spiro atoms. The number of ether oxygens (including phenoxy) is 3. The zero-order valence-electron chi connectivity index (χ0n) is 19.8. The monoisotopic (exact) mass is 465 g/mol. The molecule has 0 radical (unpaired) electrons. The summed E-state index contributed by atoms with van der Waals surface area (Å²) in [7, 11) is 0. The van der Waals surface area contributed by atoms with Gasteiger partial charge in [-0.05, 0) is 45.2 Å². The van der Waals surface area contributed by atoms with Crippen molar-refractivity contribution in [3.05, 3.63) is 34.7 Å². The van der Waals surface area contributed by atoms with E-state index in [-0.39, 0.29) is 18.9 Å². The molecule has 0 aromatic heterocycles. The molecule has 0 aliphatic heterocycles. The van der Waals surface area contributed by atoms with Gasteiger partial charge in [-0.25, -0.2) is 9.59 Å². The maximum absolute atomic E-state index is 12.5. The Kier molecular flexibility index (Phi) is 12.0. The average Bonchev–Trinajstić information content (AvgIpc) is 2.71. The summed E-state index contributed by atoms with van der Waals surface area (Å²) in [5.41, 5.74) is 7.94. The van der Waals surface area contributed by atoms with Crippen molar-refractivity contribution in [1.29, 1.82) is 0 Å². The molecule has 0 bridgehead atoms. The highest BCUT2D eigenvalue weighted by atomic mass is 16.6. The van der Waals surface area contributed by atoms with Crippen LogP contribution in [-0.4, -0.2) is 61.5 Å². The van der Waals surface area contributed by atoms with Crippen LogP contribution in [0.1, 0.15) is 53.4 Å². The first-order valence-electron chi connectivity index (χ1n) is 10.9. The third-order valence-corrected chi connectivity index (χ3v) is 4.54. The van der Waals surface area contributed by atoms with Gasteiger partial charge in [0.1, 0.15) is 12.2 Å². The van der Waals surface area contributed by atoms with E-state index in [1.165, 1.54) is 13.0 Å². The third-order valence-electron chi connectivity index (χ3n) is 4.54. The number of nitrogens with one attached hydrogen (secondary N) is 2. The normalized spacial score (nSPS) is 20.0. The van der Waals surface area contributed by atoms with E-state index in [1.807, 2.05) is 0 Å². The van der Waals surface area contributed by atoms with Gasteiger partial charge in [0.05, 0.1) is 18.2 Å². The SMILES string of the molecule is C=CCOC(=O)C1=C[C@H](OCCCCCN=[N+]=[N-])[C@@H](NC(C)=O)[C@H](NC(=O)OC(C)(C)C)C1. The molecule has 0 saturated carbocycles. The molecular weight excluding hydrogens is 430 g/mol. The standard InChI is InChI=1S/C22H35N5O6/c1-6-11-32-20(29)16-13-17(26-21(30)33-22(3,4)5)19(25-15(2)28)18(14-16)31-12-9-7-8-10-24-27-23/h6,14,17-19H,1,7-13H2,2-5H3,(H,25,28)(H,26,30)/t17-,18+,19+/m1/s1. The van der Waals surface area contributed by atoms with E-state index in [2.05, 4.69) is 27.2 Å². The fourth-order valence-electron chi connectivity index (χ4n) is 3.24. The van der Waals surface area contributed by atoms with Gasteiger partial charge in [-0.3, -0.25) is 4.79 Å². The molecule has 11 heteroatoms. The summed E-state index contributed by atoms with van der Waals surface area (Å²) < 4.78 is 16.5. The number of rotatable bonds is 12. The van der Waals surface area contributed by atoms with E-state index in [1.54, 1.807) is 26.8 Å². The van der Waals surface area contributed by atoms with Crippen molar-refractivity contribution in [2.75, 3.05) is 19.8 Å². The quantitative estimate of drug-likeness (QED) is 0.113. The Balaban J connectivity index is 3.00. The molecule has 3 atom stereocenters. The number of carbonyl (C=O) groups excluding carboxylic acids is 3. The van der Waals surface area contributed by atoms with Crippen molar-refractivity contribution in [2.45, 2.75) is 77.2 Å². The molecular formula is C22H35N5O6. The molecule has 0 heterocycles. The number of carbonyl (C=O) groups is 3. The molecule has 33 heavy (non-hydrogen) atoms. The molecule has 0 saturated heterocycles. The van der Waals surface area contributed by atoms with Gasteiger partial charge in [0.15, 0.2) is 0 Å². The number of azide groups is 1. The first-order chi connectivity index (χ1) is 15.6. The second-order valence-corrected chi connectivity index (χ2v) is 8.61. The highest BCUT2D eigenvalue weighted by Gasteiger charge is 2.38. The van der Waals surface area contributed by atoms with Gasteiger partial charge in [-0.2, -0.15) is 0 Å². The van der Waals surface area contributed by atoms with Gasteiger partial charge in [0.2, 0.25) is 5.91 Å². The highest BCUT2D eigenvalue weighted by Crippen LogP contribution is 2.24. The van der Waals surface area contributed by atoms with E-state index >= 15 is 0 Å². The molecule has 0 fully saturated rings. The summed E-state index contributed by atoms with van der Waals surface area (Å²) >= 11 is 0. The molecule has 0 aromatic rings. The number of esters is 1. The molecule has 1 rings (SSSR count). The van der Waals surface area contributed by atoms with Crippen molar-refractivity contribution in [2.24, 2.45) is 5.11 Å². The molecule has 2 amide bonds. The predicted molar refractivity (Wildman–Crippen MR) is 122 cm³/mol. The summed E-state index contributed by atoms with van der Waals surface area (Å²) in [6.07, 6.45) is 4.08. The second-order valence-electron chi connectivity index (χ2n) is 8.61. The Labute approximate surface area is 194 Å². The van der Waals surface area contributed by atoms with Gasteiger partial charge in [-0.1, -0.05) is 24.2 Å². The number of hydrogen-bond acceptors (Lipinski definition) is 7. The average molecular weight is 466 g/mol. The number of hydrogen-bond donors (Lipinski definition) is 2. The van der Waals surface area contributed by atoms with Crippen LogP contribution in [0.25, 0.3) is 10.4 Å².